The van der Waals surface area contributed by atoms with Crippen LogP contribution in [0.25, 0.3) is 11.2 Å². The zero-order valence-corrected chi connectivity index (χ0v) is 30.5. The van der Waals surface area contributed by atoms with Crippen LogP contribution in [0.1, 0.15) is 78.9 Å². The van der Waals surface area contributed by atoms with Crippen LogP contribution in [0.3, 0.4) is 0 Å². The van der Waals surface area contributed by atoms with Gasteiger partial charge >= 0.3 is 7.82 Å². The summed E-state index contributed by atoms with van der Waals surface area (Å²) in [6.07, 6.45) is 1.83. The molecule has 2 aliphatic rings. The Hall–Kier alpha value is -2.28. The van der Waals surface area contributed by atoms with Crippen molar-refractivity contribution in [2.45, 2.75) is 120 Å². The number of nitrogen functional groups attached to an aromatic ring is 1. The number of hydrogen-bond donors (Lipinski definition) is 6. The number of carbonyl (C=O) groups excluding carboxylic acids is 2. The number of imidazole rings is 1. The summed E-state index contributed by atoms with van der Waals surface area (Å²) in [6.45, 7) is 7.22. The van der Waals surface area contributed by atoms with E-state index in [0.29, 0.717) is 18.9 Å². The van der Waals surface area contributed by atoms with Crippen LogP contribution in [0.5, 0.6) is 0 Å². The first-order chi connectivity index (χ1) is 23.1. The standard InChI is InChI=1S/C29H47ClN7O10PS/c1-5-17(10-8-6-7-9-12-30)44-13-11-29(3,4)36-24(40)18(32-16(2)38)15-49-28-33-20-23(34-27(31)35-25(20)41)37(28)26-21(39)22-19(46-26)14-45-48(42,43)47-22/h17-19,21-22,26,39H,5-15H2,1-4H3,(H,32,38)(H,36,40)(H,42,43)(H3,31,34,35,41)/t17?,18?,19-,21?,22?,26-/m1/s1. The summed E-state index contributed by atoms with van der Waals surface area (Å²) in [6, 6.07) is -1.03. The minimum atomic E-state index is -4.42. The van der Waals surface area contributed by atoms with E-state index in [0.717, 1.165) is 50.3 Å². The maximum Gasteiger partial charge on any atom is 0.472 e. The summed E-state index contributed by atoms with van der Waals surface area (Å²) in [4.78, 5) is 59.2. The Kier molecular flexibility index (Phi) is 13.9. The summed E-state index contributed by atoms with van der Waals surface area (Å²) < 4.78 is 35.3. The number of aliphatic hydroxyl groups excluding tert-OH is 1. The third-order valence-corrected chi connectivity index (χ3v) is 10.5. The van der Waals surface area contributed by atoms with Gasteiger partial charge in [-0.05, 0) is 39.5 Å². The van der Waals surface area contributed by atoms with Crippen molar-refractivity contribution in [2.24, 2.45) is 0 Å². The van der Waals surface area contributed by atoms with Crippen molar-refractivity contribution in [3.05, 3.63) is 10.4 Å². The molecule has 7 atom stereocenters. The number of amides is 2. The number of nitrogens with zero attached hydrogens (tertiary/aromatic N) is 3. The molecule has 0 saturated carbocycles. The number of nitrogens with one attached hydrogen (secondary N) is 3. The van der Waals surface area contributed by atoms with Gasteiger partial charge in [0.2, 0.25) is 17.8 Å². The molecule has 0 aliphatic carbocycles. The number of aromatic nitrogens is 4. The number of hydrogen-bond acceptors (Lipinski definition) is 13. The molecule has 2 saturated heterocycles. The number of thioether (sulfide) groups is 1. The topological polar surface area (TPSA) is 242 Å². The molecule has 17 nitrogen and oxygen atoms in total. The molecule has 2 fully saturated rings. The average molecular weight is 752 g/mol. The Morgan fingerprint density at radius 2 is 2.02 bits per heavy atom. The predicted octanol–water partition coefficient (Wildman–Crippen LogP) is 2.34. The van der Waals surface area contributed by atoms with Crippen molar-refractivity contribution in [3.8, 4) is 0 Å². The highest BCUT2D eigenvalue weighted by Gasteiger charge is 2.53. The molecular weight excluding hydrogens is 705 g/mol. The Bertz CT molecular complexity index is 1560. The normalized spacial score (nSPS) is 25.2. The number of unbranched alkanes of at least 4 members (excludes halogenated alkanes) is 3. The van der Waals surface area contributed by atoms with Crippen LogP contribution in [0.2, 0.25) is 0 Å². The highest BCUT2D eigenvalue weighted by atomic mass is 35.5. The van der Waals surface area contributed by atoms with Gasteiger partial charge in [0.05, 0.1) is 12.7 Å². The Labute approximate surface area is 293 Å². The van der Waals surface area contributed by atoms with Crippen molar-refractivity contribution in [1.29, 1.82) is 0 Å². The van der Waals surface area contributed by atoms with Crippen LogP contribution < -0.4 is 21.9 Å². The molecule has 49 heavy (non-hydrogen) atoms. The molecule has 276 valence electrons. The van der Waals surface area contributed by atoms with Crippen LogP contribution in [-0.4, -0.2) is 102 Å². The number of anilines is 1. The number of alkyl halides is 1. The number of aliphatic hydroxyl groups is 1. The third-order valence-electron chi connectivity index (χ3n) is 8.24. The van der Waals surface area contributed by atoms with Crippen molar-refractivity contribution >= 4 is 60.1 Å². The maximum absolute atomic E-state index is 13.5. The van der Waals surface area contributed by atoms with E-state index >= 15 is 0 Å². The van der Waals surface area contributed by atoms with E-state index in [-0.39, 0.29) is 40.7 Å². The van der Waals surface area contributed by atoms with E-state index in [1.54, 1.807) is 0 Å². The Balaban J connectivity index is 1.46. The predicted molar refractivity (Wildman–Crippen MR) is 182 cm³/mol. The lowest BCUT2D eigenvalue weighted by Crippen LogP contribution is -2.54. The summed E-state index contributed by atoms with van der Waals surface area (Å²) in [7, 11) is -4.42. The van der Waals surface area contributed by atoms with Crippen LogP contribution >= 0.6 is 31.2 Å². The van der Waals surface area contributed by atoms with Crippen molar-refractivity contribution in [1.82, 2.24) is 30.2 Å². The number of phosphoric acid groups is 1. The molecule has 0 spiro atoms. The zero-order valence-electron chi connectivity index (χ0n) is 28.1. The fraction of sp³-hybridized carbons (Fsp3) is 0.759. The van der Waals surface area contributed by atoms with Crippen LogP contribution in [-0.2, 0) is 32.7 Å². The Morgan fingerprint density at radius 3 is 2.71 bits per heavy atom. The molecule has 2 amide bonds. The van der Waals surface area contributed by atoms with Gasteiger partial charge in [-0.3, -0.25) is 33.0 Å². The van der Waals surface area contributed by atoms with E-state index in [4.69, 9.17) is 35.9 Å². The van der Waals surface area contributed by atoms with Crippen molar-refractivity contribution in [3.63, 3.8) is 0 Å². The van der Waals surface area contributed by atoms with Gasteiger partial charge in [0, 0.05) is 30.7 Å². The largest absolute Gasteiger partial charge is 0.472 e. The molecular formula is C29H47ClN7O10PS. The van der Waals surface area contributed by atoms with Gasteiger partial charge in [0.1, 0.15) is 24.4 Å². The average Bonchev–Trinajstić information content (AvgIpc) is 3.53. The first-order valence-electron chi connectivity index (χ1n) is 16.3. The number of rotatable bonds is 18. The molecule has 20 heteroatoms. The number of H-pyrrole nitrogens is 1. The highest BCUT2D eigenvalue weighted by Crippen LogP contribution is 2.53. The van der Waals surface area contributed by atoms with Crippen molar-refractivity contribution in [2.75, 3.05) is 30.6 Å². The summed E-state index contributed by atoms with van der Waals surface area (Å²) in [5.41, 5.74) is 4.31. The number of aromatic amines is 1. The molecule has 7 N–H and O–H groups in total. The molecule has 4 heterocycles. The zero-order chi connectivity index (χ0) is 35.9. The quantitative estimate of drug-likeness (QED) is 0.0555. The SMILES string of the molecule is CCC(CCCCCCCl)OCCC(C)(C)NC(=O)C(CSc1nc2c(=O)[nH]c(N)nc2n1[C@@H]1O[C@@H]2COP(=O)(O)OC2C1O)NC(C)=O. The molecule has 0 radical (unpaired) electrons. The van der Waals surface area contributed by atoms with Crippen LogP contribution in [0.4, 0.5) is 5.95 Å². The van der Waals surface area contributed by atoms with Gasteiger partial charge in [0.25, 0.3) is 5.56 Å². The van der Waals surface area contributed by atoms with Gasteiger partial charge in [-0.2, -0.15) is 4.98 Å². The molecule has 2 aliphatic heterocycles. The Morgan fingerprint density at radius 1 is 1.29 bits per heavy atom. The third kappa shape index (κ3) is 10.6. The lowest BCUT2D eigenvalue weighted by molar-refractivity contribution is -0.128. The summed E-state index contributed by atoms with van der Waals surface area (Å²) >= 11 is 6.76. The van der Waals surface area contributed by atoms with E-state index in [1.807, 2.05) is 13.8 Å². The van der Waals surface area contributed by atoms with Gasteiger partial charge in [0.15, 0.2) is 22.5 Å². The first-order valence-corrected chi connectivity index (χ1v) is 19.3. The second-order valence-corrected chi connectivity index (χ2v) is 15.5. The molecule has 0 bridgehead atoms. The van der Waals surface area contributed by atoms with Gasteiger partial charge in [-0.25, -0.2) is 9.55 Å². The van der Waals surface area contributed by atoms with Gasteiger partial charge < -0.3 is 35.8 Å². The monoisotopic (exact) mass is 751 g/mol. The minimum Gasteiger partial charge on any atom is -0.386 e. The summed E-state index contributed by atoms with van der Waals surface area (Å²) in [5, 5.41) is 16.9. The maximum atomic E-state index is 13.5. The van der Waals surface area contributed by atoms with E-state index < -0.39 is 61.3 Å². The van der Waals surface area contributed by atoms with Gasteiger partial charge in [-0.15, -0.1) is 11.6 Å². The molecule has 4 rings (SSSR count). The minimum absolute atomic E-state index is 0.0400. The molecule has 2 aromatic heterocycles. The molecule has 5 unspecified atom stereocenters. The molecule has 2 aromatic rings. The van der Waals surface area contributed by atoms with E-state index in [2.05, 4.69) is 32.5 Å². The first kappa shape index (κ1) is 39.5. The number of fused-ring (bicyclic) bond motifs is 2. The second-order valence-electron chi connectivity index (χ2n) is 12.8. The number of halogens is 1. The fourth-order valence-corrected chi connectivity index (χ4v) is 7.83. The number of nitrogens with two attached hydrogens (primary N) is 1. The van der Waals surface area contributed by atoms with Crippen molar-refractivity contribution < 1.29 is 42.7 Å². The highest BCUT2D eigenvalue weighted by molar-refractivity contribution is 7.99. The number of ether oxygens (including phenoxy) is 2. The van der Waals surface area contributed by atoms with Crippen LogP contribution in [0, 0.1) is 0 Å². The smallest absolute Gasteiger partial charge is 0.386 e. The van der Waals surface area contributed by atoms with Gasteiger partial charge in [-0.1, -0.05) is 37.9 Å². The van der Waals surface area contributed by atoms with E-state index in [1.165, 1.54) is 11.5 Å². The number of phosphoric ester groups is 1. The lowest BCUT2D eigenvalue weighted by Gasteiger charge is -2.30. The number of carbonyl (C=O) groups is 2. The molecule has 0 aromatic carbocycles. The van der Waals surface area contributed by atoms with Crippen LogP contribution in [0.15, 0.2) is 9.95 Å². The summed E-state index contributed by atoms with van der Waals surface area (Å²) in [5.74, 6) is -0.488. The van der Waals surface area contributed by atoms with E-state index in [9.17, 15) is 28.9 Å². The lowest BCUT2D eigenvalue weighted by atomic mass is 10.0. The fourth-order valence-electron chi connectivity index (χ4n) is 5.64. The second kappa shape index (κ2) is 17.3.